The summed E-state index contributed by atoms with van der Waals surface area (Å²) in [5, 5.41) is 2.92. The van der Waals surface area contributed by atoms with Crippen LogP contribution in [0.3, 0.4) is 0 Å². The summed E-state index contributed by atoms with van der Waals surface area (Å²) >= 11 is 0. The van der Waals surface area contributed by atoms with Crippen molar-refractivity contribution in [3.63, 3.8) is 0 Å². The minimum atomic E-state index is -0.355. The number of rotatable bonds is 5. The topological polar surface area (TPSA) is 78.9 Å². The van der Waals surface area contributed by atoms with Crippen LogP contribution in [0, 0.1) is 11.8 Å². The van der Waals surface area contributed by atoms with E-state index in [0.717, 1.165) is 13.1 Å². The summed E-state index contributed by atoms with van der Waals surface area (Å²) < 4.78 is 4.81. The van der Waals surface area contributed by atoms with Gasteiger partial charge < -0.3 is 15.0 Å². The number of hydrogen-bond acceptors (Lipinski definition) is 5. The van der Waals surface area contributed by atoms with E-state index in [9.17, 15) is 14.4 Å². The molecule has 2 amide bonds. The zero-order chi connectivity index (χ0) is 19.2. The highest BCUT2D eigenvalue weighted by molar-refractivity contribution is 5.89. The van der Waals surface area contributed by atoms with Gasteiger partial charge in [0.25, 0.3) is 0 Å². The Labute approximate surface area is 161 Å². The predicted octanol–water partition coefficient (Wildman–Crippen LogP) is 1.17. The van der Waals surface area contributed by atoms with E-state index in [2.05, 4.69) is 10.2 Å². The smallest absolute Gasteiger partial charge is 0.308 e. The molecule has 3 fully saturated rings. The van der Waals surface area contributed by atoms with E-state index in [1.165, 1.54) is 39.2 Å². The van der Waals surface area contributed by atoms with E-state index in [4.69, 9.17) is 4.74 Å². The molecule has 2 saturated heterocycles. The Kier molecular flexibility index (Phi) is 7.10. The number of nitrogens with zero attached hydrogens (tertiary/aromatic N) is 2. The molecular weight excluding hydrogens is 346 g/mol. The Morgan fingerprint density at radius 1 is 1.07 bits per heavy atom. The number of methoxy groups -OCH3 is 1. The molecule has 3 rings (SSSR count). The van der Waals surface area contributed by atoms with Crippen molar-refractivity contribution in [1.82, 2.24) is 15.1 Å². The average molecular weight is 380 g/mol. The Morgan fingerprint density at radius 3 is 2.44 bits per heavy atom. The van der Waals surface area contributed by atoms with Gasteiger partial charge in [-0.3, -0.25) is 19.3 Å². The van der Waals surface area contributed by atoms with E-state index in [-0.39, 0.29) is 36.2 Å². The van der Waals surface area contributed by atoms with Gasteiger partial charge in [-0.15, -0.1) is 0 Å². The van der Waals surface area contributed by atoms with Gasteiger partial charge in [0.15, 0.2) is 0 Å². The molecule has 2 aliphatic heterocycles. The molecule has 0 spiro atoms. The number of likely N-dealkylation sites (tertiary alicyclic amines) is 1. The van der Waals surface area contributed by atoms with E-state index in [1.54, 1.807) is 4.90 Å². The Hall–Kier alpha value is -1.63. The highest BCUT2D eigenvalue weighted by Crippen LogP contribution is 2.26. The van der Waals surface area contributed by atoms with Crippen LogP contribution in [0.4, 0.5) is 0 Å². The number of esters is 1. The lowest BCUT2D eigenvalue weighted by atomic mass is 9.88. The zero-order valence-corrected chi connectivity index (χ0v) is 16.5. The van der Waals surface area contributed by atoms with Gasteiger partial charge in [-0.05, 0) is 31.6 Å². The molecule has 7 heteroatoms. The van der Waals surface area contributed by atoms with Crippen molar-refractivity contribution in [3.05, 3.63) is 0 Å². The third kappa shape index (κ3) is 5.21. The number of ether oxygens (including phenoxy) is 1. The molecule has 152 valence electrons. The molecule has 3 aliphatic rings. The van der Waals surface area contributed by atoms with Crippen molar-refractivity contribution in [2.45, 2.75) is 57.4 Å². The molecule has 0 radical (unpaired) electrons. The van der Waals surface area contributed by atoms with E-state index in [1.807, 2.05) is 0 Å². The van der Waals surface area contributed by atoms with Crippen LogP contribution < -0.4 is 5.32 Å². The maximum absolute atomic E-state index is 12.8. The lowest BCUT2D eigenvalue weighted by molar-refractivity contribution is -0.149. The van der Waals surface area contributed by atoms with Crippen LogP contribution in [-0.4, -0.2) is 73.5 Å². The monoisotopic (exact) mass is 379 g/mol. The van der Waals surface area contributed by atoms with Crippen molar-refractivity contribution < 1.29 is 19.1 Å². The van der Waals surface area contributed by atoms with Crippen LogP contribution >= 0.6 is 0 Å². The number of carbonyl (C=O) groups excluding carboxylic acids is 3. The molecule has 1 saturated carbocycles. The molecule has 1 N–H and O–H groups in total. The molecule has 0 bridgehead atoms. The van der Waals surface area contributed by atoms with Crippen LogP contribution in [0.25, 0.3) is 0 Å². The third-order valence-corrected chi connectivity index (χ3v) is 6.41. The Bertz CT molecular complexity index is 539. The molecule has 1 unspecified atom stereocenters. The summed E-state index contributed by atoms with van der Waals surface area (Å²) in [5.41, 5.74) is 0. The van der Waals surface area contributed by atoms with Crippen LogP contribution in [-0.2, 0) is 19.1 Å². The van der Waals surface area contributed by atoms with Crippen molar-refractivity contribution in [2.75, 3.05) is 39.8 Å². The average Bonchev–Trinajstić information content (AvgIpc) is 2.70. The van der Waals surface area contributed by atoms with Gasteiger partial charge in [-0.1, -0.05) is 19.3 Å². The second-order valence-corrected chi connectivity index (χ2v) is 8.19. The molecule has 1 atom stereocenters. The number of piperazine rings is 1. The number of nitrogens with one attached hydrogen (secondary N) is 1. The van der Waals surface area contributed by atoms with Crippen LogP contribution in [0.15, 0.2) is 0 Å². The summed E-state index contributed by atoms with van der Waals surface area (Å²) in [4.78, 5) is 40.9. The van der Waals surface area contributed by atoms with Gasteiger partial charge >= 0.3 is 5.97 Å². The highest BCUT2D eigenvalue weighted by Gasteiger charge is 2.35. The first-order chi connectivity index (χ1) is 13.1. The first-order valence-electron chi connectivity index (χ1n) is 10.5. The summed E-state index contributed by atoms with van der Waals surface area (Å²) in [5.74, 6) is 0.356. The number of amides is 2. The SMILES string of the molecule is COC(=O)C1CCN(C(=O)CC2C(=O)NCCN2CC2CCCCC2)CC1. The highest BCUT2D eigenvalue weighted by atomic mass is 16.5. The maximum atomic E-state index is 12.8. The fourth-order valence-corrected chi connectivity index (χ4v) is 4.73. The fraction of sp³-hybridized carbons (Fsp3) is 0.850. The number of hydrogen-bond donors (Lipinski definition) is 1. The van der Waals surface area contributed by atoms with Crippen LogP contribution in [0.2, 0.25) is 0 Å². The summed E-state index contributed by atoms with van der Waals surface area (Å²) in [6, 6.07) is -0.355. The lowest BCUT2D eigenvalue weighted by Crippen LogP contribution is -2.58. The Morgan fingerprint density at radius 2 is 1.78 bits per heavy atom. The largest absolute Gasteiger partial charge is 0.469 e. The summed E-state index contributed by atoms with van der Waals surface area (Å²) in [7, 11) is 1.41. The van der Waals surface area contributed by atoms with Gasteiger partial charge in [0.2, 0.25) is 11.8 Å². The molecule has 27 heavy (non-hydrogen) atoms. The number of carbonyl (C=O) groups is 3. The molecule has 0 aromatic heterocycles. The van der Waals surface area contributed by atoms with Crippen molar-refractivity contribution >= 4 is 17.8 Å². The standard InChI is InChI=1S/C20H33N3O4/c1-27-20(26)16-7-10-22(11-8-16)18(24)13-17-19(25)21-9-12-23(17)14-15-5-3-2-4-6-15/h15-17H,2-14H2,1H3,(H,21,25). The predicted molar refractivity (Wildman–Crippen MR) is 101 cm³/mol. The van der Waals surface area contributed by atoms with Gasteiger partial charge in [0.1, 0.15) is 0 Å². The number of piperidine rings is 1. The second kappa shape index (κ2) is 9.53. The molecule has 7 nitrogen and oxygen atoms in total. The first-order valence-corrected chi connectivity index (χ1v) is 10.5. The van der Waals surface area contributed by atoms with Crippen molar-refractivity contribution in [1.29, 1.82) is 0 Å². The first kappa shape index (κ1) is 20.1. The van der Waals surface area contributed by atoms with E-state index < -0.39 is 0 Å². The summed E-state index contributed by atoms with van der Waals surface area (Å²) in [6.07, 6.45) is 7.87. The molecule has 2 heterocycles. The molecule has 0 aromatic rings. The molecular formula is C20H33N3O4. The van der Waals surface area contributed by atoms with Gasteiger partial charge in [0.05, 0.1) is 25.5 Å². The lowest BCUT2D eigenvalue weighted by Gasteiger charge is -2.39. The van der Waals surface area contributed by atoms with Crippen LogP contribution in [0.1, 0.15) is 51.4 Å². The fourth-order valence-electron chi connectivity index (χ4n) is 4.73. The normalized spacial score (nSPS) is 25.9. The summed E-state index contributed by atoms with van der Waals surface area (Å²) in [6.45, 7) is 3.55. The minimum Gasteiger partial charge on any atom is -0.469 e. The second-order valence-electron chi connectivity index (χ2n) is 8.19. The van der Waals surface area contributed by atoms with Crippen molar-refractivity contribution in [2.24, 2.45) is 11.8 Å². The van der Waals surface area contributed by atoms with Gasteiger partial charge in [-0.25, -0.2) is 0 Å². The quantitative estimate of drug-likeness (QED) is 0.726. The molecule has 0 aromatic carbocycles. The van der Waals surface area contributed by atoms with Gasteiger partial charge in [-0.2, -0.15) is 0 Å². The minimum absolute atomic E-state index is 0.0187. The van der Waals surface area contributed by atoms with Gasteiger partial charge in [0, 0.05) is 32.7 Å². The maximum Gasteiger partial charge on any atom is 0.308 e. The van der Waals surface area contributed by atoms with E-state index in [0.29, 0.717) is 38.4 Å². The Balaban J connectivity index is 1.53. The zero-order valence-electron chi connectivity index (χ0n) is 16.5. The van der Waals surface area contributed by atoms with Crippen molar-refractivity contribution in [3.8, 4) is 0 Å². The van der Waals surface area contributed by atoms with E-state index >= 15 is 0 Å². The third-order valence-electron chi connectivity index (χ3n) is 6.41. The molecule has 1 aliphatic carbocycles. The van der Waals surface area contributed by atoms with Crippen LogP contribution in [0.5, 0.6) is 0 Å².